The maximum Gasteiger partial charge on any atom is 0.244 e. The average Bonchev–Trinajstić information content (AvgIpc) is 2.87. The van der Waals surface area contributed by atoms with Crippen LogP contribution in [0.15, 0.2) is 0 Å². The second kappa shape index (κ2) is 4.84. The molecule has 3 heteroatoms. The molecule has 2 aliphatic carbocycles. The molecule has 18 heavy (non-hydrogen) atoms. The molecule has 0 aromatic rings. The summed E-state index contributed by atoms with van der Waals surface area (Å²) in [5.74, 6) is 1.34. The van der Waals surface area contributed by atoms with Crippen molar-refractivity contribution >= 4 is 5.91 Å². The van der Waals surface area contributed by atoms with Gasteiger partial charge in [0.15, 0.2) is 0 Å². The highest BCUT2D eigenvalue weighted by atomic mass is 16.2. The molecular weight excluding hydrogens is 224 g/mol. The molecule has 0 aromatic heterocycles. The Morgan fingerprint density at radius 2 is 2.06 bits per heavy atom. The van der Waals surface area contributed by atoms with Gasteiger partial charge in [-0.15, -0.1) is 0 Å². The first kappa shape index (κ1) is 12.5. The smallest absolute Gasteiger partial charge is 0.244 e. The maximum atomic E-state index is 12.3. The van der Waals surface area contributed by atoms with Crippen molar-refractivity contribution in [2.75, 3.05) is 6.54 Å². The van der Waals surface area contributed by atoms with Crippen LogP contribution in [0.5, 0.6) is 0 Å². The van der Waals surface area contributed by atoms with Crippen LogP contribution in [0.1, 0.15) is 64.7 Å². The lowest BCUT2D eigenvalue weighted by atomic mass is 10.0. The van der Waals surface area contributed by atoms with Crippen LogP contribution >= 0.6 is 0 Å². The summed E-state index contributed by atoms with van der Waals surface area (Å²) in [7, 11) is 0. The van der Waals surface area contributed by atoms with Crippen molar-refractivity contribution in [3.8, 4) is 0 Å². The average molecular weight is 250 g/mol. The van der Waals surface area contributed by atoms with Gasteiger partial charge in [0.2, 0.25) is 5.91 Å². The predicted molar refractivity (Wildman–Crippen MR) is 72.1 cm³/mol. The molecule has 0 bridgehead atoms. The van der Waals surface area contributed by atoms with Crippen LogP contribution in [-0.2, 0) is 4.79 Å². The summed E-state index contributed by atoms with van der Waals surface area (Å²) in [4.78, 5) is 14.5. The van der Waals surface area contributed by atoms with Crippen LogP contribution in [0.4, 0.5) is 0 Å². The van der Waals surface area contributed by atoms with Crippen LogP contribution < -0.4 is 5.32 Å². The Labute approximate surface area is 110 Å². The maximum absolute atomic E-state index is 12.3. The molecular formula is C15H26N2O. The zero-order valence-electron chi connectivity index (χ0n) is 11.6. The normalized spacial score (nSPS) is 30.6. The fraction of sp³-hybridized carbons (Fsp3) is 0.933. The SMILES string of the molecule is CCC1NC2(CC2)C(=O)N1CCCC1CCCC1. The highest BCUT2D eigenvalue weighted by molar-refractivity contribution is 5.91. The Balaban J connectivity index is 1.49. The predicted octanol–water partition coefficient (Wildman–Crippen LogP) is 2.66. The van der Waals surface area contributed by atoms with Crippen LogP contribution in [0, 0.1) is 5.92 Å². The second-order valence-corrected chi connectivity index (χ2v) is 6.44. The van der Waals surface area contributed by atoms with Crippen LogP contribution in [0.25, 0.3) is 0 Å². The van der Waals surface area contributed by atoms with E-state index < -0.39 is 0 Å². The summed E-state index contributed by atoms with van der Waals surface area (Å²) in [6.45, 7) is 3.15. The van der Waals surface area contributed by atoms with Gasteiger partial charge in [-0.25, -0.2) is 0 Å². The molecule has 102 valence electrons. The summed E-state index contributed by atoms with van der Waals surface area (Å²) < 4.78 is 0. The second-order valence-electron chi connectivity index (χ2n) is 6.44. The first-order chi connectivity index (χ1) is 8.75. The number of carbonyl (C=O) groups is 1. The number of nitrogens with zero attached hydrogens (tertiary/aromatic N) is 1. The number of hydrogen-bond donors (Lipinski definition) is 1. The summed E-state index contributed by atoms with van der Waals surface area (Å²) >= 11 is 0. The third-order valence-corrected chi connectivity index (χ3v) is 5.11. The Kier molecular flexibility index (Phi) is 3.35. The molecule has 1 atom stereocenters. The summed E-state index contributed by atoms with van der Waals surface area (Å²) in [6, 6.07) is 0. The molecule has 2 saturated carbocycles. The highest BCUT2D eigenvalue weighted by Gasteiger charge is 2.58. The lowest BCUT2D eigenvalue weighted by Gasteiger charge is -2.23. The van der Waals surface area contributed by atoms with Gasteiger partial charge >= 0.3 is 0 Å². The van der Waals surface area contributed by atoms with E-state index in [0.29, 0.717) is 12.1 Å². The number of carbonyl (C=O) groups excluding carboxylic acids is 1. The summed E-state index contributed by atoms with van der Waals surface area (Å²) in [5.41, 5.74) is -0.117. The number of hydrogen-bond acceptors (Lipinski definition) is 2. The van der Waals surface area contributed by atoms with Crippen molar-refractivity contribution in [1.82, 2.24) is 10.2 Å². The minimum Gasteiger partial charge on any atom is -0.326 e. The molecule has 0 radical (unpaired) electrons. The molecule has 3 nitrogen and oxygen atoms in total. The van der Waals surface area contributed by atoms with Crippen LogP contribution in [-0.4, -0.2) is 29.1 Å². The molecule has 1 N–H and O–H groups in total. The number of rotatable bonds is 5. The fourth-order valence-corrected chi connectivity index (χ4v) is 3.79. The molecule has 1 aliphatic heterocycles. The van der Waals surface area contributed by atoms with Crippen molar-refractivity contribution < 1.29 is 4.79 Å². The van der Waals surface area contributed by atoms with E-state index in [-0.39, 0.29) is 5.54 Å². The first-order valence-corrected chi connectivity index (χ1v) is 7.84. The van der Waals surface area contributed by atoms with Crippen molar-refractivity contribution in [2.45, 2.75) is 76.4 Å². The van der Waals surface area contributed by atoms with Gasteiger partial charge in [-0.1, -0.05) is 32.6 Å². The largest absolute Gasteiger partial charge is 0.326 e. The van der Waals surface area contributed by atoms with E-state index in [0.717, 1.165) is 31.7 Å². The first-order valence-electron chi connectivity index (χ1n) is 7.84. The lowest BCUT2D eigenvalue weighted by molar-refractivity contribution is -0.130. The van der Waals surface area contributed by atoms with E-state index in [2.05, 4.69) is 17.1 Å². The van der Waals surface area contributed by atoms with Gasteiger partial charge < -0.3 is 4.90 Å². The van der Waals surface area contributed by atoms with Crippen LogP contribution in [0.3, 0.4) is 0 Å². The Morgan fingerprint density at radius 3 is 2.67 bits per heavy atom. The number of nitrogens with one attached hydrogen (secondary N) is 1. The van der Waals surface area contributed by atoms with Gasteiger partial charge in [0.25, 0.3) is 0 Å². The van der Waals surface area contributed by atoms with E-state index in [1.807, 2.05) is 0 Å². The molecule has 1 unspecified atom stereocenters. The van der Waals surface area contributed by atoms with Gasteiger partial charge in [0, 0.05) is 6.54 Å². The topological polar surface area (TPSA) is 32.3 Å². The van der Waals surface area contributed by atoms with Crippen LogP contribution in [0.2, 0.25) is 0 Å². The van der Waals surface area contributed by atoms with Gasteiger partial charge in [-0.2, -0.15) is 0 Å². The van der Waals surface area contributed by atoms with E-state index in [1.54, 1.807) is 0 Å². The molecule has 1 amide bonds. The minimum absolute atomic E-state index is 0.117. The number of amides is 1. The highest BCUT2D eigenvalue weighted by Crippen LogP contribution is 2.42. The molecule has 1 saturated heterocycles. The Hall–Kier alpha value is -0.570. The van der Waals surface area contributed by atoms with Gasteiger partial charge in [0.05, 0.1) is 11.7 Å². The van der Waals surface area contributed by atoms with Crippen molar-refractivity contribution in [3.05, 3.63) is 0 Å². The van der Waals surface area contributed by atoms with Crippen molar-refractivity contribution in [2.24, 2.45) is 5.92 Å². The summed E-state index contributed by atoms with van der Waals surface area (Å²) in [6.07, 6.45) is 11.7. The minimum atomic E-state index is -0.117. The standard InChI is InChI=1S/C15H26N2O/c1-2-13-16-15(9-10-15)14(18)17(13)11-5-8-12-6-3-4-7-12/h12-13,16H,2-11H2,1H3. The molecule has 1 spiro atoms. The molecule has 3 fully saturated rings. The third kappa shape index (κ3) is 2.18. The lowest BCUT2D eigenvalue weighted by Crippen LogP contribution is -2.37. The third-order valence-electron chi connectivity index (χ3n) is 5.11. The summed E-state index contributed by atoms with van der Waals surface area (Å²) in [5, 5.41) is 3.55. The van der Waals surface area contributed by atoms with E-state index in [9.17, 15) is 4.79 Å². The zero-order chi connectivity index (χ0) is 12.6. The quantitative estimate of drug-likeness (QED) is 0.813. The van der Waals surface area contributed by atoms with Gasteiger partial charge in [0.1, 0.15) is 0 Å². The Morgan fingerprint density at radius 1 is 1.33 bits per heavy atom. The van der Waals surface area contributed by atoms with E-state index in [1.165, 1.54) is 38.5 Å². The zero-order valence-corrected chi connectivity index (χ0v) is 11.6. The van der Waals surface area contributed by atoms with Crippen molar-refractivity contribution in [3.63, 3.8) is 0 Å². The van der Waals surface area contributed by atoms with Gasteiger partial charge in [-0.3, -0.25) is 10.1 Å². The molecule has 3 rings (SSSR count). The molecule has 0 aromatic carbocycles. The van der Waals surface area contributed by atoms with E-state index in [4.69, 9.17) is 0 Å². The van der Waals surface area contributed by atoms with Crippen molar-refractivity contribution in [1.29, 1.82) is 0 Å². The fourth-order valence-electron chi connectivity index (χ4n) is 3.79. The monoisotopic (exact) mass is 250 g/mol. The Bertz CT molecular complexity index is 318. The van der Waals surface area contributed by atoms with Gasteiger partial charge in [-0.05, 0) is 38.0 Å². The van der Waals surface area contributed by atoms with E-state index >= 15 is 0 Å². The molecule has 3 aliphatic rings. The molecule has 1 heterocycles.